The fourth-order valence-corrected chi connectivity index (χ4v) is 7.44. The van der Waals surface area contributed by atoms with Crippen LogP contribution in [0, 0.1) is 6.92 Å². The maximum absolute atomic E-state index is 6.88. The number of allylic oxidation sites excluding steroid dienone is 5. The van der Waals surface area contributed by atoms with Gasteiger partial charge in [0, 0.05) is 23.1 Å². The quantitative estimate of drug-likeness (QED) is 0.234. The first-order chi connectivity index (χ1) is 17.5. The van der Waals surface area contributed by atoms with Crippen LogP contribution in [0.4, 0.5) is 0 Å². The van der Waals surface area contributed by atoms with Crippen LogP contribution in [-0.4, -0.2) is 0 Å². The first-order valence-electron chi connectivity index (χ1n) is 12.4. The average Bonchev–Trinajstić information content (AvgIpc) is 3.22. The Hall–Kier alpha value is -2.79. The van der Waals surface area contributed by atoms with Gasteiger partial charge >= 0.3 is 0 Å². The molecule has 1 heterocycles. The Morgan fingerprint density at radius 1 is 1.11 bits per heavy atom. The van der Waals surface area contributed by atoms with E-state index in [-0.39, 0.29) is 6.04 Å². The first-order valence-corrected chi connectivity index (χ1v) is 14.2. The van der Waals surface area contributed by atoms with Gasteiger partial charge < -0.3 is 11.5 Å². The Morgan fingerprint density at radius 2 is 1.81 bits per heavy atom. The lowest BCUT2D eigenvalue weighted by Crippen LogP contribution is -2.23. The molecule has 2 unspecified atom stereocenters. The SMILES string of the molecule is C=C/C=C(\C=C/C)Cc1sc(SCc2ccccc2)c2c1CC(c1ccc(C)cc1)CC2N.C=CN. The molecule has 0 bridgehead atoms. The van der Waals surface area contributed by atoms with Crippen LogP contribution in [0.25, 0.3) is 0 Å². The van der Waals surface area contributed by atoms with Gasteiger partial charge in [-0.2, -0.15) is 0 Å². The smallest absolute Gasteiger partial charge is 0.0655 e. The Balaban J connectivity index is 0.00000115. The molecule has 3 aromatic rings. The molecule has 188 valence electrons. The minimum Gasteiger partial charge on any atom is -0.405 e. The normalized spacial score (nSPS) is 17.2. The van der Waals surface area contributed by atoms with Crippen molar-refractivity contribution < 1.29 is 0 Å². The monoisotopic (exact) mass is 514 g/mol. The standard InChI is InChI=1S/C30H33NS2.C2H5N/c1-4-9-22(10-5-2)17-28-26-18-25(24-15-13-21(3)14-16-24)19-27(31)29(26)30(33-28)32-20-23-11-7-6-8-12-23;1-2-3/h4-16,25,27H,1,17-20,31H2,2-3H3;2H,1,3H2/b10-5-,22-9+;. The van der Waals surface area contributed by atoms with Gasteiger partial charge in [-0.1, -0.05) is 97.6 Å². The molecule has 1 aromatic heterocycles. The summed E-state index contributed by atoms with van der Waals surface area (Å²) in [5.74, 6) is 1.45. The van der Waals surface area contributed by atoms with Crippen LogP contribution in [-0.2, 0) is 18.6 Å². The van der Waals surface area contributed by atoms with Crippen molar-refractivity contribution in [3.05, 3.63) is 137 Å². The number of nitrogens with two attached hydrogens (primary N) is 2. The molecule has 36 heavy (non-hydrogen) atoms. The van der Waals surface area contributed by atoms with E-state index in [1.807, 2.05) is 29.2 Å². The number of thioether (sulfide) groups is 1. The van der Waals surface area contributed by atoms with Gasteiger partial charge in [-0.05, 0) is 66.6 Å². The fraction of sp³-hybridized carbons (Fsp3) is 0.250. The van der Waals surface area contributed by atoms with Crippen molar-refractivity contribution in [2.45, 2.75) is 55.0 Å². The number of hydrogen-bond donors (Lipinski definition) is 2. The maximum Gasteiger partial charge on any atom is 0.0655 e. The predicted molar refractivity (Wildman–Crippen MR) is 161 cm³/mol. The van der Waals surface area contributed by atoms with Crippen molar-refractivity contribution in [1.29, 1.82) is 0 Å². The summed E-state index contributed by atoms with van der Waals surface area (Å²) in [6, 6.07) is 19.8. The molecule has 4 heteroatoms. The number of aryl methyl sites for hydroxylation is 1. The molecule has 0 saturated heterocycles. The van der Waals surface area contributed by atoms with Crippen molar-refractivity contribution in [3.8, 4) is 0 Å². The summed E-state index contributed by atoms with van der Waals surface area (Å²) in [4.78, 5) is 1.46. The van der Waals surface area contributed by atoms with E-state index in [0.717, 1.165) is 25.0 Å². The van der Waals surface area contributed by atoms with E-state index >= 15 is 0 Å². The van der Waals surface area contributed by atoms with E-state index in [9.17, 15) is 0 Å². The summed E-state index contributed by atoms with van der Waals surface area (Å²) in [6.07, 6.45) is 12.6. The summed E-state index contributed by atoms with van der Waals surface area (Å²) in [5.41, 5.74) is 19.7. The van der Waals surface area contributed by atoms with Gasteiger partial charge in [-0.3, -0.25) is 0 Å². The summed E-state index contributed by atoms with van der Waals surface area (Å²) < 4.78 is 1.40. The second-order valence-electron chi connectivity index (χ2n) is 9.02. The molecule has 0 radical (unpaired) electrons. The van der Waals surface area contributed by atoms with Crippen LogP contribution in [0.3, 0.4) is 0 Å². The molecule has 1 aliphatic carbocycles. The highest BCUT2D eigenvalue weighted by Gasteiger charge is 2.32. The van der Waals surface area contributed by atoms with Gasteiger partial charge in [0.15, 0.2) is 0 Å². The van der Waals surface area contributed by atoms with E-state index in [1.165, 1.54) is 48.7 Å². The zero-order chi connectivity index (χ0) is 25.9. The van der Waals surface area contributed by atoms with Crippen LogP contribution in [0.5, 0.6) is 0 Å². The lowest BCUT2D eigenvalue weighted by Gasteiger charge is -2.29. The van der Waals surface area contributed by atoms with Gasteiger partial charge in [0.2, 0.25) is 0 Å². The van der Waals surface area contributed by atoms with Gasteiger partial charge in [0.1, 0.15) is 0 Å². The summed E-state index contributed by atoms with van der Waals surface area (Å²) in [7, 11) is 0. The van der Waals surface area contributed by atoms with Gasteiger partial charge in [0.25, 0.3) is 0 Å². The Bertz CT molecular complexity index is 1190. The van der Waals surface area contributed by atoms with E-state index < -0.39 is 0 Å². The number of thiophene rings is 1. The third kappa shape index (κ3) is 7.36. The predicted octanol–water partition coefficient (Wildman–Crippen LogP) is 8.40. The van der Waals surface area contributed by atoms with Crippen LogP contribution >= 0.6 is 23.1 Å². The Morgan fingerprint density at radius 3 is 2.44 bits per heavy atom. The average molecular weight is 515 g/mol. The maximum atomic E-state index is 6.88. The second-order valence-corrected chi connectivity index (χ2v) is 11.4. The third-order valence-corrected chi connectivity index (χ3v) is 8.90. The molecule has 0 spiro atoms. The summed E-state index contributed by atoms with van der Waals surface area (Å²) in [6.45, 7) is 11.3. The Labute approximate surface area is 225 Å². The largest absolute Gasteiger partial charge is 0.405 e. The number of hydrogen-bond acceptors (Lipinski definition) is 4. The molecule has 0 aliphatic heterocycles. The summed E-state index contributed by atoms with van der Waals surface area (Å²) in [5, 5.41) is 0. The minimum absolute atomic E-state index is 0.0804. The van der Waals surface area contributed by atoms with Crippen molar-refractivity contribution in [2.24, 2.45) is 11.5 Å². The zero-order valence-corrected chi connectivity index (χ0v) is 23.1. The van der Waals surface area contributed by atoms with Crippen molar-refractivity contribution in [3.63, 3.8) is 0 Å². The van der Waals surface area contributed by atoms with Crippen molar-refractivity contribution in [2.75, 3.05) is 0 Å². The van der Waals surface area contributed by atoms with Crippen LogP contribution in [0.1, 0.15) is 58.0 Å². The number of rotatable bonds is 8. The third-order valence-electron chi connectivity index (χ3n) is 6.30. The van der Waals surface area contributed by atoms with Crippen molar-refractivity contribution >= 4 is 23.1 Å². The van der Waals surface area contributed by atoms with Crippen LogP contribution in [0.15, 0.2) is 108 Å². The lowest BCUT2D eigenvalue weighted by atomic mass is 9.78. The van der Waals surface area contributed by atoms with E-state index in [1.54, 1.807) is 0 Å². The fourth-order valence-electron chi connectivity index (χ4n) is 4.64. The van der Waals surface area contributed by atoms with E-state index in [2.05, 4.69) is 106 Å². The minimum atomic E-state index is 0.0804. The number of fused-ring (bicyclic) bond motifs is 1. The molecule has 0 fully saturated rings. The highest BCUT2D eigenvalue weighted by Crippen LogP contribution is 2.48. The van der Waals surface area contributed by atoms with Gasteiger partial charge in [0.05, 0.1) is 4.21 Å². The zero-order valence-electron chi connectivity index (χ0n) is 21.5. The summed E-state index contributed by atoms with van der Waals surface area (Å²) >= 11 is 3.90. The van der Waals surface area contributed by atoms with E-state index in [4.69, 9.17) is 5.73 Å². The molecule has 0 amide bonds. The van der Waals surface area contributed by atoms with Crippen LogP contribution in [0.2, 0.25) is 0 Å². The van der Waals surface area contributed by atoms with Gasteiger partial charge in [-0.15, -0.1) is 23.1 Å². The first kappa shape index (κ1) is 27.8. The highest BCUT2D eigenvalue weighted by molar-refractivity contribution is 8.00. The molecule has 2 nitrogen and oxygen atoms in total. The van der Waals surface area contributed by atoms with E-state index in [0.29, 0.717) is 5.92 Å². The molecule has 4 rings (SSSR count). The molecular formula is C32H38N2S2. The van der Waals surface area contributed by atoms with Crippen molar-refractivity contribution in [1.82, 2.24) is 0 Å². The van der Waals surface area contributed by atoms with Gasteiger partial charge in [-0.25, -0.2) is 0 Å². The number of benzene rings is 2. The van der Waals surface area contributed by atoms with Crippen LogP contribution < -0.4 is 11.5 Å². The topological polar surface area (TPSA) is 52.0 Å². The molecule has 4 N–H and O–H groups in total. The molecule has 1 aliphatic rings. The Kier molecular flexibility index (Phi) is 10.9. The lowest BCUT2D eigenvalue weighted by molar-refractivity contribution is 0.499. The molecular weight excluding hydrogens is 477 g/mol. The molecule has 2 atom stereocenters. The molecule has 0 saturated carbocycles. The second kappa shape index (κ2) is 14.1. The molecule has 2 aromatic carbocycles. The highest BCUT2D eigenvalue weighted by atomic mass is 32.2.